The Morgan fingerprint density at radius 3 is 2.84 bits per heavy atom. The van der Waals surface area contributed by atoms with E-state index in [4.69, 9.17) is 4.74 Å². The van der Waals surface area contributed by atoms with Crippen LogP contribution in [0.2, 0.25) is 0 Å². The van der Waals surface area contributed by atoms with Crippen LogP contribution in [0.4, 0.5) is 4.39 Å². The molecule has 0 spiro atoms. The third-order valence-electron chi connectivity index (χ3n) is 4.45. The molecule has 0 aromatic heterocycles. The molecule has 2 atom stereocenters. The Morgan fingerprint density at radius 1 is 1.28 bits per heavy atom. The second-order valence-corrected chi connectivity index (χ2v) is 6.25. The first-order chi connectivity index (χ1) is 12.1. The highest BCUT2D eigenvalue weighted by Crippen LogP contribution is 2.24. The van der Waals surface area contributed by atoms with E-state index in [2.05, 4.69) is 5.32 Å². The number of carbonyl (C=O) groups excluding carboxylic acids is 1. The highest BCUT2D eigenvalue weighted by molar-refractivity contribution is 5.81. The van der Waals surface area contributed by atoms with Crippen molar-refractivity contribution >= 4 is 5.91 Å². The number of nitrogens with one attached hydrogen (secondary N) is 1. The largest absolute Gasteiger partial charge is 0.364 e. The predicted octanol–water partition coefficient (Wildman–Crippen LogP) is 2.90. The minimum Gasteiger partial charge on any atom is -0.364 e. The molecule has 1 aliphatic heterocycles. The van der Waals surface area contributed by atoms with Crippen LogP contribution in [0.15, 0.2) is 54.6 Å². The highest BCUT2D eigenvalue weighted by atomic mass is 19.1. The summed E-state index contributed by atoms with van der Waals surface area (Å²) in [6.45, 7) is 4.09. The van der Waals surface area contributed by atoms with Gasteiger partial charge in [-0.05, 0) is 30.2 Å². The van der Waals surface area contributed by atoms with Crippen LogP contribution in [0.25, 0.3) is 0 Å². The fourth-order valence-electron chi connectivity index (χ4n) is 3.08. The lowest BCUT2D eigenvalue weighted by Crippen LogP contribution is -2.51. The Hall–Kier alpha value is -2.24. The van der Waals surface area contributed by atoms with Crippen molar-refractivity contribution in [1.82, 2.24) is 10.2 Å². The van der Waals surface area contributed by atoms with Crippen LogP contribution < -0.4 is 5.32 Å². The third kappa shape index (κ3) is 4.44. The molecule has 1 aliphatic rings. The van der Waals surface area contributed by atoms with E-state index < -0.39 is 6.10 Å². The van der Waals surface area contributed by atoms with Gasteiger partial charge in [0, 0.05) is 19.6 Å². The topological polar surface area (TPSA) is 41.6 Å². The molecule has 1 saturated heterocycles. The van der Waals surface area contributed by atoms with Crippen molar-refractivity contribution < 1.29 is 13.9 Å². The van der Waals surface area contributed by atoms with Crippen LogP contribution in [-0.2, 0) is 16.1 Å². The zero-order valence-electron chi connectivity index (χ0n) is 14.3. The van der Waals surface area contributed by atoms with E-state index in [1.54, 1.807) is 17.9 Å². The number of rotatable bonds is 5. The summed E-state index contributed by atoms with van der Waals surface area (Å²) in [5.74, 6) is -0.351. The lowest BCUT2D eigenvalue weighted by Gasteiger charge is -2.38. The molecular formula is C20H23FN2O2. The molecule has 132 valence electrons. The summed E-state index contributed by atoms with van der Waals surface area (Å²) in [5.41, 5.74) is 1.83. The molecule has 2 aromatic carbocycles. The molecule has 1 amide bonds. The van der Waals surface area contributed by atoms with Gasteiger partial charge in [0.05, 0.1) is 12.6 Å². The maximum Gasteiger partial charge on any atom is 0.252 e. The van der Waals surface area contributed by atoms with E-state index in [0.29, 0.717) is 19.7 Å². The van der Waals surface area contributed by atoms with Crippen molar-refractivity contribution in [3.63, 3.8) is 0 Å². The van der Waals surface area contributed by atoms with Gasteiger partial charge in [0.1, 0.15) is 11.9 Å². The molecule has 1 N–H and O–H groups in total. The number of ether oxygens (including phenoxy) is 1. The fourth-order valence-corrected chi connectivity index (χ4v) is 3.08. The monoisotopic (exact) mass is 342 g/mol. The summed E-state index contributed by atoms with van der Waals surface area (Å²) in [6.07, 6.45) is -0.547. The Bertz CT molecular complexity index is 708. The van der Waals surface area contributed by atoms with E-state index in [0.717, 1.165) is 17.7 Å². The van der Waals surface area contributed by atoms with Crippen molar-refractivity contribution in [3.05, 3.63) is 71.5 Å². The van der Waals surface area contributed by atoms with Gasteiger partial charge in [-0.3, -0.25) is 4.79 Å². The van der Waals surface area contributed by atoms with Crippen LogP contribution in [0.3, 0.4) is 0 Å². The molecule has 0 saturated carbocycles. The summed E-state index contributed by atoms with van der Waals surface area (Å²) in [7, 11) is 0. The van der Waals surface area contributed by atoms with Gasteiger partial charge in [0.25, 0.3) is 5.91 Å². The first-order valence-electron chi connectivity index (χ1n) is 8.57. The number of amides is 1. The van der Waals surface area contributed by atoms with Crippen LogP contribution in [0.1, 0.15) is 24.1 Å². The maximum absolute atomic E-state index is 13.6. The molecule has 3 rings (SSSR count). The van der Waals surface area contributed by atoms with Crippen molar-refractivity contribution in [2.75, 3.05) is 19.6 Å². The number of halogens is 1. The van der Waals surface area contributed by atoms with Crippen LogP contribution >= 0.6 is 0 Å². The van der Waals surface area contributed by atoms with E-state index in [1.165, 1.54) is 12.1 Å². The Labute approximate surface area is 147 Å². The van der Waals surface area contributed by atoms with E-state index in [9.17, 15) is 9.18 Å². The summed E-state index contributed by atoms with van der Waals surface area (Å²) >= 11 is 0. The fraction of sp³-hybridized carbons (Fsp3) is 0.350. The second kappa shape index (κ2) is 8.23. The smallest absolute Gasteiger partial charge is 0.252 e. The summed E-state index contributed by atoms with van der Waals surface area (Å²) in [6, 6.07) is 16.0. The van der Waals surface area contributed by atoms with Gasteiger partial charge >= 0.3 is 0 Å². The quantitative estimate of drug-likeness (QED) is 0.908. The number of hydrogen-bond donors (Lipinski definition) is 1. The predicted molar refractivity (Wildman–Crippen MR) is 94.4 cm³/mol. The van der Waals surface area contributed by atoms with Gasteiger partial charge in [-0.2, -0.15) is 0 Å². The molecule has 4 nitrogen and oxygen atoms in total. The van der Waals surface area contributed by atoms with Crippen LogP contribution in [-0.4, -0.2) is 36.5 Å². The van der Waals surface area contributed by atoms with E-state index in [1.807, 2.05) is 36.4 Å². The Kier molecular flexibility index (Phi) is 5.79. The molecule has 2 aromatic rings. The Morgan fingerprint density at radius 2 is 2.08 bits per heavy atom. The molecule has 5 heteroatoms. The number of benzene rings is 2. The second-order valence-electron chi connectivity index (χ2n) is 6.25. The molecule has 1 heterocycles. The lowest BCUT2D eigenvalue weighted by atomic mass is 10.0. The average Bonchev–Trinajstić information content (AvgIpc) is 2.66. The molecule has 2 unspecified atom stereocenters. The minimum absolute atomic E-state index is 0.0632. The molecule has 25 heavy (non-hydrogen) atoms. The number of carbonyl (C=O) groups is 1. The van der Waals surface area contributed by atoms with Gasteiger partial charge in [-0.25, -0.2) is 4.39 Å². The zero-order valence-corrected chi connectivity index (χ0v) is 14.3. The molecule has 0 bridgehead atoms. The summed E-state index contributed by atoms with van der Waals surface area (Å²) < 4.78 is 19.3. The van der Waals surface area contributed by atoms with Crippen molar-refractivity contribution in [1.29, 1.82) is 0 Å². The molecule has 0 radical (unpaired) electrons. The van der Waals surface area contributed by atoms with Gasteiger partial charge in [-0.1, -0.05) is 42.5 Å². The van der Waals surface area contributed by atoms with Crippen molar-refractivity contribution in [3.8, 4) is 0 Å². The summed E-state index contributed by atoms with van der Waals surface area (Å²) in [4.78, 5) is 14.7. The number of hydrogen-bond acceptors (Lipinski definition) is 3. The lowest BCUT2D eigenvalue weighted by molar-refractivity contribution is -0.147. The van der Waals surface area contributed by atoms with E-state index in [-0.39, 0.29) is 17.8 Å². The zero-order chi connectivity index (χ0) is 17.6. The first-order valence-corrected chi connectivity index (χ1v) is 8.57. The molecular weight excluding hydrogens is 319 g/mol. The van der Waals surface area contributed by atoms with Crippen LogP contribution in [0.5, 0.6) is 0 Å². The summed E-state index contributed by atoms with van der Waals surface area (Å²) in [5, 5.41) is 3.28. The number of nitrogens with zero attached hydrogens (tertiary/aromatic N) is 1. The Balaban J connectivity index is 1.67. The molecule has 0 aliphatic carbocycles. The maximum atomic E-state index is 13.6. The van der Waals surface area contributed by atoms with Gasteiger partial charge in [-0.15, -0.1) is 0 Å². The van der Waals surface area contributed by atoms with Gasteiger partial charge in [0.2, 0.25) is 0 Å². The van der Waals surface area contributed by atoms with Crippen molar-refractivity contribution in [2.45, 2.75) is 25.7 Å². The number of piperazine rings is 1. The van der Waals surface area contributed by atoms with Crippen molar-refractivity contribution in [2.24, 2.45) is 0 Å². The minimum atomic E-state index is -0.547. The first kappa shape index (κ1) is 17.6. The SMILES string of the molecule is CC(OCc1ccccc1)C(=O)N1CCNCC1c1cccc(F)c1. The van der Waals surface area contributed by atoms with Crippen LogP contribution in [0, 0.1) is 5.82 Å². The average molecular weight is 342 g/mol. The molecule has 1 fully saturated rings. The van der Waals surface area contributed by atoms with Gasteiger partial charge in [0.15, 0.2) is 0 Å². The van der Waals surface area contributed by atoms with Gasteiger partial charge < -0.3 is 15.0 Å². The highest BCUT2D eigenvalue weighted by Gasteiger charge is 2.31. The normalized spacial score (nSPS) is 18.8. The third-order valence-corrected chi connectivity index (χ3v) is 4.45. The standard InChI is InChI=1S/C20H23FN2O2/c1-15(25-14-16-6-3-2-4-7-16)20(24)23-11-10-22-13-19(23)17-8-5-9-18(21)12-17/h2-9,12,15,19,22H,10-11,13-14H2,1H3. The van der Waals surface area contributed by atoms with E-state index >= 15 is 0 Å².